The van der Waals surface area contributed by atoms with Crippen molar-refractivity contribution in [3.63, 3.8) is 0 Å². The molecule has 8 nitrogen and oxygen atoms in total. The summed E-state index contributed by atoms with van der Waals surface area (Å²) in [5.74, 6) is 0.588. The molecule has 9 heteroatoms. The van der Waals surface area contributed by atoms with Gasteiger partial charge in [0.25, 0.3) is 0 Å². The molecular weight excluding hydrogens is 440 g/mol. The zero-order valence-corrected chi connectivity index (χ0v) is 19.6. The van der Waals surface area contributed by atoms with Crippen LogP contribution in [0.3, 0.4) is 0 Å². The Morgan fingerprint density at radius 2 is 1.91 bits per heavy atom. The van der Waals surface area contributed by atoms with Gasteiger partial charge in [-0.2, -0.15) is 0 Å². The van der Waals surface area contributed by atoms with E-state index in [1.165, 1.54) is 18.9 Å². The van der Waals surface area contributed by atoms with Gasteiger partial charge in [0, 0.05) is 5.69 Å². The van der Waals surface area contributed by atoms with Gasteiger partial charge in [-0.05, 0) is 44.0 Å². The first-order valence-electron chi connectivity index (χ1n) is 10.4. The number of esters is 1. The molecule has 4 rings (SSSR count). The van der Waals surface area contributed by atoms with Crippen molar-refractivity contribution in [3.8, 4) is 11.6 Å². The summed E-state index contributed by atoms with van der Waals surface area (Å²) in [4.78, 5) is 28.4. The molecule has 3 aromatic heterocycles. The van der Waals surface area contributed by atoms with Crippen molar-refractivity contribution in [1.29, 1.82) is 0 Å². The average Bonchev–Trinajstić information content (AvgIpc) is 3.54. The Labute approximate surface area is 195 Å². The minimum Gasteiger partial charge on any atom is -0.465 e. The number of aromatic nitrogens is 4. The summed E-state index contributed by atoms with van der Waals surface area (Å²) in [7, 11) is 1.32. The van der Waals surface area contributed by atoms with Gasteiger partial charge >= 0.3 is 5.97 Å². The number of Topliss-reactive ketones (excluding diaryl/α,β-unsaturated/α-hetero) is 1. The Kier molecular flexibility index (Phi) is 6.50. The summed E-state index contributed by atoms with van der Waals surface area (Å²) >= 11 is 1.31. The number of carbonyl (C=O) groups excluding carboxylic acids is 2. The van der Waals surface area contributed by atoms with Crippen LogP contribution in [-0.4, -0.2) is 43.9 Å². The minimum atomic E-state index is -0.476. The molecule has 0 bridgehead atoms. The predicted octanol–water partition coefficient (Wildman–Crippen LogP) is 4.68. The average molecular weight is 465 g/mol. The lowest BCUT2D eigenvalue weighted by molar-refractivity contribution is 0.0599. The maximum Gasteiger partial charge on any atom is 0.339 e. The van der Waals surface area contributed by atoms with E-state index in [0.717, 1.165) is 5.56 Å². The van der Waals surface area contributed by atoms with E-state index in [1.54, 1.807) is 26.2 Å². The third kappa shape index (κ3) is 4.49. The molecule has 3 heterocycles. The number of thioether (sulfide) groups is 1. The maximum atomic E-state index is 13.3. The molecular formula is C24H24N4O4S. The fourth-order valence-corrected chi connectivity index (χ4v) is 4.60. The Hall–Kier alpha value is -3.59. The zero-order valence-electron chi connectivity index (χ0n) is 18.8. The fourth-order valence-electron chi connectivity index (χ4n) is 3.69. The van der Waals surface area contributed by atoms with E-state index in [-0.39, 0.29) is 5.78 Å². The van der Waals surface area contributed by atoms with E-state index >= 15 is 0 Å². The first-order valence-corrected chi connectivity index (χ1v) is 11.3. The van der Waals surface area contributed by atoms with Crippen LogP contribution in [0.2, 0.25) is 0 Å². The van der Waals surface area contributed by atoms with E-state index in [2.05, 4.69) is 15.2 Å². The Morgan fingerprint density at radius 3 is 2.58 bits per heavy atom. The largest absolute Gasteiger partial charge is 0.465 e. The number of rotatable bonds is 8. The number of H-pyrrole nitrogens is 1. The Morgan fingerprint density at radius 1 is 1.15 bits per heavy atom. The van der Waals surface area contributed by atoms with E-state index in [9.17, 15) is 9.59 Å². The van der Waals surface area contributed by atoms with Crippen LogP contribution in [0.1, 0.15) is 44.6 Å². The Balaban J connectivity index is 1.64. The number of nitrogens with zero attached hydrogens (tertiary/aromatic N) is 3. The number of methoxy groups -OCH3 is 1. The molecule has 1 atom stereocenters. The number of aryl methyl sites for hydroxylation is 1. The van der Waals surface area contributed by atoms with Crippen LogP contribution in [0.4, 0.5) is 0 Å². The van der Waals surface area contributed by atoms with Crippen molar-refractivity contribution >= 4 is 23.5 Å². The number of aromatic amines is 1. The van der Waals surface area contributed by atoms with Gasteiger partial charge < -0.3 is 14.1 Å². The van der Waals surface area contributed by atoms with Gasteiger partial charge in [0.1, 0.15) is 0 Å². The van der Waals surface area contributed by atoms with Gasteiger partial charge in [0.05, 0.1) is 36.4 Å². The lowest BCUT2D eigenvalue weighted by Gasteiger charge is -2.13. The van der Waals surface area contributed by atoms with Crippen LogP contribution in [0.15, 0.2) is 58.3 Å². The number of ketones is 1. The SMILES string of the molecule is COC(=O)c1c(C)[nH]c(C(=O)C(C)Sc2nnc(-c3ccco3)n2Cc2ccccc2)c1C. The van der Waals surface area contributed by atoms with Crippen molar-refractivity contribution in [2.75, 3.05) is 7.11 Å². The number of hydrogen-bond acceptors (Lipinski definition) is 7. The molecule has 1 unspecified atom stereocenters. The molecule has 0 fully saturated rings. The summed E-state index contributed by atoms with van der Waals surface area (Å²) in [6.45, 7) is 5.84. The van der Waals surface area contributed by atoms with Crippen LogP contribution in [0.5, 0.6) is 0 Å². The molecule has 0 saturated heterocycles. The molecule has 0 radical (unpaired) electrons. The molecule has 4 aromatic rings. The second-order valence-corrected chi connectivity index (χ2v) is 8.90. The predicted molar refractivity (Wildman–Crippen MR) is 125 cm³/mol. The summed E-state index contributed by atoms with van der Waals surface area (Å²) < 4.78 is 12.3. The van der Waals surface area contributed by atoms with Crippen molar-refractivity contribution in [2.24, 2.45) is 0 Å². The number of ether oxygens (including phenoxy) is 1. The smallest absolute Gasteiger partial charge is 0.339 e. The molecule has 0 aliphatic carbocycles. The second-order valence-electron chi connectivity index (χ2n) is 7.60. The number of furan rings is 1. The second kappa shape index (κ2) is 9.50. The van der Waals surface area contributed by atoms with Gasteiger partial charge in [-0.15, -0.1) is 10.2 Å². The molecule has 0 aliphatic heterocycles. The summed E-state index contributed by atoms with van der Waals surface area (Å²) in [6.07, 6.45) is 1.59. The molecule has 0 spiro atoms. The number of benzene rings is 1. The monoisotopic (exact) mass is 464 g/mol. The van der Waals surface area contributed by atoms with Crippen molar-refractivity contribution in [2.45, 2.75) is 37.7 Å². The molecule has 1 N–H and O–H groups in total. The molecule has 1 aromatic carbocycles. The summed E-state index contributed by atoms with van der Waals surface area (Å²) in [5.41, 5.74) is 3.05. The van der Waals surface area contributed by atoms with Gasteiger partial charge in [-0.25, -0.2) is 4.79 Å². The number of hydrogen-bond donors (Lipinski definition) is 1. The normalized spacial score (nSPS) is 12.0. The lowest BCUT2D eigenvalue weighted by atomic mass is 10.1. The van der Waals surface area contributed by atoms with E-state index in [4.69, 9.17) is 9.15 Å². The molecule has 33 heavy (non-hydrogen) atoms. The fraction of sp³-hybridized carbons (Fsp3) is 0.250. The topological polar surface area (TPSA) is 103 Å². The van der Waals surface area contributed by atoms with Crippen LogP contribution in [-0.2, 0) is 11.3 Å². The van der Waals surface area contributed by atoms with Crippen LogP contribution < -0.4 is 0 Å². The van der Waals surface area contributed by atoms with E-state index in [1.807, 2.05) is 47.9 Å². The number of nitrogens with one attached hydrogen (secondary N) is 1. The highest BCUT2D eigenvalue weighted by Crippen LogP contribution is 2.30. The van der Waals surface area contributed by atoms with Gasteiger partial charge in [-0.1, -0.05) is 42.1 Å². The highest BCUT2D eigenvalue weighted by Gasteiger charge is 2.28. The quantitative estimate of drug-likeness (QED) is 0.229. The van der Waals surface area contributed by atoms with Crippen LogP contribution in [0, 0.1) is 13.8 Å². The summed E-state index contributed by atoms with van der Waals surface area (Å²) in [5, 5.41) is 8.80. The molecule has 0 aliphatic rings. The molecule has 170 valence electrons. The van der Waals surface area contributed by atoms with Gasteiger partial charge in [0.15, 0.2) is 16.7 Å². The van der Waals surface area contributed by atoms with E-state index < -0.39 is 11.2 Å². The van der Waals surface area contributed by atoms with Crippen LogP contribution >= 0.6 is 11.8 Å². The number of carbonyl (C=O) groups is 2. The first-order chi connectivity index (χ1) is 15.9. The lowest BCUT2D eigenvalue weighted by Crippen LogP contribution is -2.17. The van der Waals surface area contributed by atoms with Crippen molar-refractivity contribution in [3.05, 3.63) is 76.8 Å². The molecule has 0 amide bonds. The van der Waals surface area contributed by atoms with Crippen molar-refractivity contribution < 1.29 is 18.7 Å². The molecule has 0 saturated carbocycles. The minimum absolute atomic E-state index is 0.135. The van der Waals surface area contributed by atoms with Gasteiger partial charge in [0.2, 0.25) is 5.82 Å². The Bertz CT molecular complexity index is 1280. The van der Waals surface area contributed by atoms with Crippen molar-refractivity contribution in [1.82, 2.24) is 19.7 Å². The van der Waals surface area contributed by atoms with E-state index in [0.29, 0.717) is 45.8 Å². The third-order valence-corrected chi connectivity index (χ3v) is 6.45. The third-order valence-electron chi connectivity index (χ3n) is 5.37. The standard InChI is InChI=1S/C24H24N4O4S/c1-14-19(23(30)31-4)15(2)25-20(14)21(29)16(3)33-24-27-26-22(18-11-8-12-32-18)28(24)13-17-9-6-5-7-10-17/h5-12,16,25H,13H2,1-4H3. The highest BCUT2D eigenvalue weighted by molar-refractivity contribution is 8.00. The zero-order chi connectivity index (χ0) is 23.5. The highest BCUT2D eigenvalue weighted by atomic mass is 32.2. The van der Waals surface area contributed by atoms with Gasteiger partial charge in [-0.3, -0.25) is 9.36 Å². The first kappa shape index (κ1) is 22.6. The van der Waals surface area contributed by atoms with Crippen LogP contribution in [0.25, 0.3) is 11.6 Å². The maximum absolute atomic E-state index is 13.3. The summed E-state index contributed by atoms with van der Waals surface area (Å²) in [6, 6.07) is 13.6.